The number of aromatic nitrogens is 2. The molecule has 1 fully saturated rings. The molecule has 16 heavy (non-hydrogen) atoms. The molecular weight excluding hydrogens is 202 g/mol. The molecule has 1 aliphatic carbocycles. The zero-order valence-corrected chi connectivity index (χ0v) is 9.00. The Balaban J connectivity index is 1.89. The monoisotopic (exact) mass is 215 g/mol. The SMILES string of the molecule is CC1C(N)C1c1nc(-c2ccccc2)no1. The quantitative estimate of drug-likeness (QED) is 0.829. The lowest BCUT2D eigenvalue weighted by Gasteiger charge is -1.90. The van der Waals surface area contributed by atoms with Crippen molar-refractivity contribution >= 4 is 0 Å². The van der Waals surface area contributed by atoms with Gasteiger partial charge in [-0.3, -0.25) is 0 Å². The van der Waals surface area contributed by atoms with Crippen molar-refractivity contribution in [2.75, 3.05) is 0 Å². The second-order valence-corrected chi connectivity index (χ2v) is 4.28. The lowest BCUT2D eigenvalue weighted by atomic mass is 10.2. The molecule has 3 rings (SSSR count). The summed E-state index contributed by atoms with van der Waals surface area (Å²) in [4.78, 5) is 4.39. The van der Waals surface area contributed by atoms with Crippen LogP contribution in [0.25, 0.3) is 11.4 Å². The van der Waals surface area contributed by atoms with Crippen LogP contribution in [-0.4, -0.2) is 16.2 Å². The summed E-state index contributed by atoms with van der Waals surface area (Å²) in [6.07, 6.45) is 0. The van der Waals surface area contributed by atoms with Crippen molar-refractivity contribution < 1.29 is 4.52 Å². The van der Waals surface area contributed by atoms with E-state index in [0.29, 0.717) is 17.6 Å². The number of rotatable bonds is 2. The van der Waals surface area contributed by atoms with Crippen LogP contribution in [0, 0.1) is 5.92 Å². The van der Waals surface area contributed by atoms with Crippen LogP contribution in [0.2, 0.25) is 0 Å². The van der Waals surface area contributed by atoms with Gasteiger partial charge in [0.25, 0.3) is 0 Å². The van der Waals surface area contributed by atoms with Gasteiger partial charge in [0, 0.05) is 11.6 Å². The molecule has 0 saturated heterocycles. The highest BCUT2D eigenvalue weighted by Crippen LogP contribution is 2.45. The molecule has 0 radical (unpaired) electrons. The molecule has 82 valence electrons. The van der Waals surface area contributed by atoms with Gasteiger partial charge in [-0.15, -0.1) is 0 Å². The summed E-state index contributed by atoms with van der Waals surface area (Å²) in [5, 5.41) is 3.97. The van der Waals surface area contributed by atoms with Gasteiger partial charge < -0.3 is 10.3 Å². The summed E-state index contributed by atoms with van der Waals surface area (Å²) in [6.45, 7) is 2.10. The van der Waals surface area contributed by atoms with Gasteiger partial charge in [0.05, 0.1) is 5.92 Å². The lowest BCUT2D eigenvalue weighted by molar-refractivity contribution is 0.376. The van der Waals surface area contributed by atoms with Crippen LogP contribution in [0.5, 0.6) is 0 Å². The van der Waals surface area contributed by atoms with E-state index in [9.17, 15) is 0 Å². The molecule has 3 unspecified atom stereocenters. The Morgan fingerprint density at radius 2 is 1.94 bits per heavy atom. The number of nitrogens with zero attached hydrogens (tertiary/aromatic N) is 2. The molecule has 0 bridgehead atoms. The predicted molar refractivity (Wildman–Crippen MR) is 59.6 cm³/mol. The first-order valence-electron chi connectivity index (χ1n) is 5.42. The van der Waals surface area contributed by atoms with Gasteiger partial charge in [0.1, 0.15) is 0 Å². The molecule has 4 heteroatoms. The van der Waals surface area contributed by atoms with Gasteiger partial charge in [0.2, 0.25) is 11.7 Å². The fourth-order valence-electron chi connectivity index (χ4n) is 1.96. The summed E-state index contributed by atoms with van der Waals surface area (Å²) < 4.78 is 5.24. The van der Waals surface area contributed by atoms with Crippen LogP contribution >= 0.6 is 0 Å². The van der Waals surface area contributed by atoms with Gasteiger partial charge >= 0.3 is 0 Å². The fraction of sp³-hybridized carbons (Fsp3) is 0.333. The number of hydrogen-bond donors (Lipinski definition) is 1. The van der Waals surface area contributed by atoms with Gasteiger partial charge in [-0.05, 0) is 5.92 Å². The Morgan fingerprint density at radius 1 is 1.25 bits per heavy atom. The molecule has 4 nitrogen and oxygen atoms in total. The maximum atomic E-state index is 5.86. The number of hydrogen-bond acceptors (Lipinski definition) is 4. The van der Waals surface area contributed by atoms with Crippen molar-refractivity contribution in [1.29, 1.82) is 0 Å². The highest BCUT2D eigenvalue weighted by molar-refractivity contribution is 5.53. The third-order valence-corrected chi connectivity index (χ3v) is 3.21. The minimum atomic E-state index is 0.170. The van der Waals surface area contributed by atoms with Gasteiger partial charge in [-0.2, -0.15) is 4.98 Å². The van der Waals surface area contributed by atoms with Crippen molar-refractivity contribution in [3.8, 4) is 11.4 Å². The van der Waals surface area contributed by atoms with E-state index in [2.05, 4.69) is 17.1 Å². The van der Waals surface area contributed by atoms with E-state index < -0.39 is 0 Å². The van der Waals surface area contributed by atoms with E-state index in [0.717, 1.165) is 5.56 Å². The summed E-state index contributed by atoms with van der Waals surface area (Å²) in [5.74, 6) is 2.00. The van der Waals surface area contributed by atoms with E-state index in [1.165, 1.54) is 0 Å². The minimum absolute atomic E-state index is 0.170. The van der Waals surface area contributed by atoms with Crippen LogP contribution in [0.4, 0.5) is 0 Å². The summed E-state index contributed by atoms with van der Waals surface area (Å²) in [5.41, 5.74) is 6.83. The topological polar surface area (TPSA) is 64.9 Å². The molecule has 2 N–H and O–H groups in total. The molecule has 1 aromatic carbocycles. The molecule has 1 heterocycles. The van der Waals surface area contributed by atoms with E-state index in [1.807, 2.05) is 30.3 Å². The molecule has 1 aliphatic rings. The number of nitrogens with two attached hydrogens (primary N) is 1. The zero-order valence-electron chi connectivity index (χ0n) is 9.00. The standard InChI is InChI=1S/C12H13N3O/c1-7-9(10(7)13)12-14-11(15-16-12)8-5-3-2-4-6-8/h2-7,9-10H,13H2,1H3. The first-order valence-corrected chi connectivity index (χ1v) is 5.42. The second kappa shape index (κ2) is 3.42. The molecule has 3 atom stereocenters. The van der Waals surface area contributed by atoms with Crippen LogP contribution in [0.15, 0.2) is 34.9 Å². The van der Waals surface area contributed by atoms with Crippen LogP contribution in [0.3, 0.4) is 0 Å². The summed E-state index contributed by atoms with van der Waals surface area (Å²) >= 11 is 0. The average molecular weight is 215 g/mol. The normalized spacial score (nSPS) is 28.0. The van der Waals surface area contributed by atoms with Crippen molar-refractivity contribution in [3.05, 3.63) is 36.2 Å². The highest BCUT2D eigenvalue weighted by Gasteiger charge is 2.48. The second-order valence-electron chi connectivity index (χ2n) is 4.28. The third-order valence-electron chi connectivity index (χ3n) is 3.21. The van der Waals surface area contributed by atoms with Gasteiger partial charge in [-0.1, -0.05) is 42.4 Å². The van der Waals surface area contributed by atoms with Crippen LogP contribution < -0.4 is 5.73 Å². The Kier molecular flexibility index (Phi) is 2.04. The molecule has 0 aliphatic heterocycles. The average Bonchev–Trinajstić information content (AvgIpc) is 2.77. The first kappa shape index (κ1) is 9.54. The smallest absolute Gasteiger partial charge is 0.231 e. The predicted octanol–water partition coefficient (Wildman–Crippen LogP) is 1.80. The van der Waals surface area contributed by atoms with E-state index in [4.69, 9.17) is 10.3 Å². The van der Waals surface area contributed by atoms with Crippen molar-refractivity contribution in [2.45, 2.75) is 18.9 Å². The Hall–Kier alpha value is -1.68. The van der Waals surface area contributed by atoms with E-state index in [-0.39, 0.29) is 12.0 Å². The molecule has 1 aromatic heterocycles. The third kappa shape index (κ3) is 1.42. The van der Waals surface area contributed by atoms with Gasteiger partial charge in [0.15, 0.2) is 0 Å². The summed E-state index contributed by atoms with van der Waals surface area (Å²) in [7, 11) is 0. The molecule has 0 amide bonds. The van der Waals surface area contributed by atoms with Crippen LogP contribution in [0.1, 0.15) is 18.7 Å². The molecule has 2 aromatic rings. The lowest BCUT2D eigenvalue weighted by Crippen LogP contribution is -2.02. The summed E-state index contributed by atoms with van der Waals surface area (Å²) in [6, 6.07) is 9.97. The molecule has 1 saturated carbocycles. The first-order chi connectivity index (χ1) is 7.77. The Bertz CT molecular complexity index is 486. The minimum Gasteiger partial charge on any atom is -0.339 e. The fourth-order valence-corrected chi connectivity index (χ4v) is 1.96. The molecule has 0 spiro atoms. The van der Waals surface area contributed by atoms with Crippen molar-refractivity contribution in [3.63, 3.8) is 0 Å². The van der Waals surface area contributed by atoms with Crippen LogP contribution in [-0.2, 0) is 0 Å². The van der Waals surface area contributed by atoms with Crippen molar-refractivity contribution in [1.82, 2.24) is 10.1 Å². The van der Waals surface area contributed by atoms with E-state index >= 15 is 0 Å². The molecular formula is C12H13N3O. The van der Waals surface area contributed by atoms with Gasteiger partial charge in [-0.25, -0.2) is 0 Å². The van der Waals surface area contributed by atoms with Crippen molar-refractivity contribution in [2.24, 2.45) is 11.7 Å². The Labute approximate surface area is 93.5 Å². The highest BCUT2D eigenvalue weighted by atomic mass is 16.5. The number of benzene rings is 1. The Morgan fingerprint density at radius 3 is 2.56 bits per heavy atom. The maximum absolute atomic E-state index is 5.86. The zero-order chi connectivity index (χ0) is 11.1. The largest absolute Gasteiger partial charge is 0.339 e. The van der Waals surface area contributed by atoms with E-state index in [1.54, 1.807) is 0 Å². The maximum Gasteiger partial charge on any atom is 0.231 e.